The van der Waals surface area contributed by atoms with Crippen molar-refractivity contribution in [2.24, 2.45) is 0 Å². The van der Waals surface area contributed by atoms with E-state index in [-0.39, 0.29) is 5.02 Å². The number of hydrogen-bond donors (Lipinski definition) is 0. The molecule has 2 heterocycles. The van der Waals surface area contributed by atoms with Gasteiger partial charge in [0.2, 0.25) is 0 Å². The molecule has 0 amide bonds. The van der Waals surface area contributed by atoms with Crippen LogP contribution in [-0.4, -0.2) is 19.6 Å². The quantitative estimate of drug-likeness (QED) is 0.433. The molecule has 0 aliphatic rings. The standard InChI is InChI=1S/C21H14ClFN4/c22-18-11-15(9-10-19(18)23)27-13-14(24-25-27)12-26-20-7-3-1-5-16(20)17-6-2-4-8-21(17)26/h1-11,13H,12H2. The second kappa shape index (κ2) is 6.21. The fourth-order valence-corrected chi connectivity index (χ4v) is 3.64. The van der Waals surface area contributed by atoms with Gasteiger partial charge in [-0.2, -0.15) is 0 Å². The number of nitrogens with zero attached hydrogens (tertiary/aromatic N) is 4. The Morgan fingerprint density at radius 3 is 2.22 bits per heavy atom. The average Bonchev–Trinajstić information content (AvgIpc) is 3.28. The van der Waals surface area contributed by atoms with Crippen molar-refractivity contribution in [3.8, 4) is 5.69 Å². The first-order valence-electron chi connectivity index (χ1n) is 8.53. The van der Waals surface area contributed by atoms with E-state index in [4.69, 9.17) is 11.6 Å². The van der Waals surface area contributed by atoms with Crippen LogP contribution in [0.1, 0.15) is 5.69 Å². The average molecular weight is 377 g/mol. The van der Waals surface area contributed by atoms with Gasteiger partial charge in [0.05, 0.1) is 23.5 Å². The third-order valence-electron chi connectivity index (χ3n) is 4.71. The first-order valence-corrected chi connectivity index (χ1v) is 8.91. The molecular weight excluding hydrogens is 363 g/mol. The lowest BCUT2D eigenvalue weighted by atomic mass is 10.2. The van der Waals surface area contributed by atoms with Crippen LogP contribution in [0.15, 0.2) is 72.9 Å². The number of halogens is 2. The van der Waals surface area contributed by atoms with Crippen molar-refractivity contribution < 1.29 is 4.39 Å². The fourth-order valence-electron chi connectivity index (χ4n) is 3.46. The maximum absolute atomic E-state index is 13.4. The summed E-state index contributed by atoms with van der Waals surface area (Å²) in [4.78, 5) is 0. The minimum absolute atomic E-state index is 0.0620. The summed E-state index contributed by atoms with van der Waals surface area (Å²) in [6.07, 6.45) is 1.84. The predicted octanol–water partition coefficient (Wildman–Crippen LogP) is 5.22. The lowest BCUT2D eigenvalue weighted by Gasteiger charge is -2.04. The van der Waals surface area contributed by atoms with E-state index >= 15 is 0 Å². The van der Waals surface area contributed by atoms with Crippen LogP contribution in [0, 0.1) is 5.82 Å². The topological polar surface area (TPSA) is 35.6 Å². The lowest BCUT2D eigenvalue weighted by Crippen LogP contribution is -1.99. The van der Waals surface area contributed by atoms with Crippen molar-refractivity contribution in [1.82, 2.24) is 19.6 Å². The first-order chi connectivity index (χ1) is 13.2. The second-order valence-electron chi connectivity index (χ2n) is 6.37. The Balaban J connectivity index is 1.58. The summed E-state index contributed by atoms with van der Waals surface area (Å²) in [5.74, 6) is -0.453. The van der Waals surface area contributed by atoms with E-state index in [1.54, 1.807) is 10.7 Å². The fraction of sp³-hybridized carbons (Fsp3) is 0.0476. The van der Waals surface area contributed by atoms with E-state index in [0.29, 0.717) is 12.2 Å². The third-order valence-corrected chi connectivity index (χ3v) is 5.00. The van der Waals surface area contributed by atoms with Crippen molar-refractivity contribution in [2.75, 3.05) is 0 Å². The highest BCUT2D eigenvalue weighted by atomic mass is 35.5. The molecule has 27 heavy (non-hydrogen) atoms. The number of hydrogen-bond acceptors (Lipinski definition) is 2. The van der Waals surface area contributed by atoms with Gasteiger partial charge in [-0.3, -0.25) is 0 Å². The zero-order valence-electron chi connectivity index (χ0n) is 14.2. The molecule has 6 heteroatoms. The molecule has 0 aliphatic heterocycles. The van der Waals surface area contributed by atoms with Crippen LogP contribution in [0.2, 0.25) is 5.02 Å². The molecular formula is C21H14ClFN4. The number of para-hydroxylation sites is 2. The highest BCUT2D eigenvalue weighted by Crippen LogP contribution is 2.29. The molecule has 0 saturated heterocycles. The van der Waals surface area contributed by atoms with Gasteiger partial charge in [0.25, 0.3) is 0 Å². The molecule has 4 nitrogen and oxygen atoms in total. The van der Waals surface area contributed by atoms with E-state index < -0.39 is 5.82 Å². The Labute approximate surface area is 159 Å². The summed E-state index contributed by atoms with van der Waals surface area (Å²) in [5.41, 5.74) is 3.78. The van der Waals surface area contributed by atoms with Crippen molar-refractivity contribution in [3.63, 3.8) is 0 Å². The van der Waals surface area contributed by atoms with Gasteiger partial charge in [0.15, 0.2) is 0 Å². The predicted molar refractivity (Wildman–Crippen MR) is 105 cm³/mol. The zero-order valence-corrected chi connectivity index (χ0v) is 14.9. The summed E-state index contributed by atoms with van der Waals surface area (Å²) in [7, 11) is 0. The maximum atomic E-state index is 13.4. The van der Waals surface area contributed by atoms with Gasteiger partial charge in [-0.15, -0.1) is 5.10 Å². The van der Waals surface area contributed by atoms with Crippen LogP contribution >= 0.6 is 11.6 Å². The Morgan fingerprint density at radius 1 is 0.889 bits per heavy atom. The molecule has 0 unspecified atom stereocenters. The summed E-state index contributed by atoms with van der Waals surface area (Å²) < 4.78 is 17.2. The van der Waals surface area contributed by atoms with E-state index in [1.165, 1.54) is 22.9 Å². The molecule has 0 atom stereocenters. The van der Waals surface area contributed by atoms with E-state index in [1.807, 2.05) is 30.5 Å². The van der Waals surface area contributed by atoms with E-state index in [2.05, 4.69) is 39.1 Å². The number of aromatic nitrogens is 4. The molecule has 0 N–H and O–H groups in total. The molecule has 0 fully saturated rings. The third kappa shape index (κ3) is 2.67. The van der Waals surface area contributed by atoms with Crippen LogP contribution in [0.25, 0.3) is 27.5 Å². The summed E-state index contributed by atoms with van der Waals surface area (Å²) in [5, 5.41) is 10.9. The van der Waals surface area contributed by atoms with Crippen molar-refractivity contribution in [3.05, 3.63) is 89.5 Å². The molecule has 2 aromatic heterocycles. The maximum Gasteiger partial charge on any atom is 0.141 e. The highest BCUT2D eigenvalue weighted by molar-refractivity contribution is 6.30. The molecule has 3 aromatic carbocycles. The van der Waals surface area contributed by atoms with E-state index in [0.717, 1.165) is 16.7 Å². The van der Waals surface area contributed by atoms with Crippen molar-refractivity contribution >= 4 is 33.4 Å². The van der Waals surface area contributed by atoms with Gasteiger partial charge < -0.3 is 4.57 Å². The Bertz CT molecular complexity index is 1230. The van der Waals surface area contributed by atoms with Crippen molar-refractivity contribution in [1.29, 1.82) is 0 Å². The van der Waals surface area contributed by atoms with Crippen LogP contribution in [0.5, 0.6) is 0 Å². The van der Waals surface area contributed by atoms with E-state index in [9.17, 15) is 4.39 Å². The molecule has 0 bridgehead atoms. The molecule has 5 aromatic rings. The van der Waals surface area contributed by atoms with Gasteiger partial charge in [0.1, 0.15) is 11.5 Å². The molecule has 5 rings (SSSR count). The monoisotopic (exact) mass is 376 g/mol. The minimum atomic E-state index is -0.453. The molecule has 0 radical (unpaired) electrons. The van der Waals surface area contributed by atoms with Crippen molar-refractivity contribution in [2.45, 2.75) is 6.54 Å². The highest BCUT2D eigenvalue weighted by Gasteiger charge is 2.12. The van der Waals surface area contributed by atoms with Gasteiger partial charge in [-0.05, 0) is 30.3 Å². The van der Waals surface area contributed by atoms with Crippen LogP contribution in [0.4, 0.5) is 4.39 Å². The molecule has 0 spiro atoms. The van der Waals surface area contributed by atoms with Crippen LogP contribution in [0.3, 0.4) is 0 Å². The Hall–Kier alpha value is -3.18. The number of benzene rings is 3. The summed E-state index contributed by atoms with van der Waals surface area (Å²) in [6.45, 7) is 0.586. The van der Waals surface area contributed by atoms with Gasteiger partial charge >= 0.3 is 0 Å². The summed E-state index contributed by atoms with van der Waals surface area (Å²) in [6, 6.07) is 21.1. The van der Waals surface area contributed by atoms with Crippen LogP contribution < -0.4 is 0 Å². The smallest absolute Gasteiger partial charge is 0.141 e. The number of fused-ring (bicyclic) bond motifs is 3. The second-order valence-corrected chi connectivity index (χ2v) is 6.78. The number of rotatable bonds is 3. The molecule has 132 valence electrons. The minimum Gasteiger partial charge on any atom is -0.334 e. The van der Waals surface area contributed by atoms with Gasteiger partial charge in [-0.25, -0.2) is 9.07 Å². The summed E-state index contributed by atoms with van der Waals surface area (Å²) >= 11 is 5.88. The van der Waals surface area contributed by atoms with Gasteiger partial charge in [-0.1, -0.05) is 53.2 Å². The molecule has 0 saturated carbocycles. The SMILES string of the molecule is Fc1ccc(-n2cc(Cn3c4ccccc4c4ccccc43)nn2)cc1Cl. The largest absolute Gasteiger partial charge is 0.334 e. The zero-order chi connectivity index (χ0) is 18.4. The Kier molecular flexibility index (Phi) is 3.69. The van der Waals surface area contributed by atoms with Gasteiger partial charge in [0, 0.05) is 21.8 Å². The Morgan fingerprint density at radius 2 is 1.56 bits per heavy atom. The lowest BCUT2D eigenvalue weighted by molar-refractivity contribution is 0.627. The van der Waals surface area contributed by atoms with Crippen LogP contribution in [-0.2, 0) is 6.54 Å². The molecule has 0 aliphatic carbocycles. The normalized spacial score (nSPS) is 11.5. The first kappa shape index (κ1) is 16.0.